The molecule has 1 atom stereocenters. The number of thiophene rings is 2. The van der Waals surface area contributed by atoms with Crippen LogP contribution in [0.25, 0.3) is 10.8 Å². The van der Waals surface area contributed by atoms with E-state index in [0.29, 0.717) is 0 Å². The summed E-state index contributed by atoms with van der Waals surface area (Å²) in [6.07, 6.45) is 0.283. The molecule has 0 fully saturated rings. The van der Waals surface area contributed by atoms with E-state index >= 15 is 0 Å². The third-order valence-electron chi connectivity index (χ3n) is 4.70. The summed E-state index contributed by atoms with van der Waals surface area (Å²) in [5.74, 6) is -0.100. The Morgan fingerprint density at radius 3 is 2.63 bits per heavy atom. The Labute approximate surface area is 165 Å². The van der Waals surface area contributed by atoms with Crippen molar-refractivity contribution >= 4 is 39.4 Å². The van der Waals surface area contributed by atoms with Crippen molar-refractivity contribution in [3.63, 3.8) is 0 Å². The number of hydrogen-bond donors (Lipinski definition) is 2. The van der Waals surface area contributed by atoms with Gasteiger partial charge in [0.15, 0.2) is 0 Å². The van der Waals surface area contributed by atoms with E-state index in [-0.39, 0.29) is 18.9 Å². The number of carbonyl (C=O) groups excluding carboxylic acids is 1. The molecule has 2 aromatic carbocycles. The number of nitrogens with one attached hydrogen (secondary N) is 1. The van der Waals surface area contributed by atoms with Crippen LogP contribution >= 0.6 is 22.7 Å². The van der Waals surface area contributed by atoms with Crippen molar-refractivity contribution in [1.29, 1.82) is 0 Å². The van der Waals surface area contributed by atoms with E-state index in [1.165, 1.54) is 22.7 Å². The van der Waals surface area contributed by atoms with Gasteiger partial charge < -0.3 is 10.4 Å². The molecule has 136 valence electrons. The molecule has 2 N–H and O–H groups in total. The highest BCUT2D eigenvalue weighted by Gasteiger charge is 2.33. The summed E-state index contributed by atoms with van der Waals surface area (Å²) < 4.78 is 0. The monoisotopic (exact) mass is 393 g/mol. The van der Waals surface area contributed by atoms with Gasteiger partial charge in [-0.2, -0.15) is 11.3 Å². The summed E-state index contributed by atoms with van der Waals surface area (Å²) in [6.45, 7) is 0.147. The van der Waals surface area contributed by atoms with Gasteiger partial charge in [-0.3, -0.25) is 4.79 Å². The zero-order valence-corrected chi connectivity index (χ0v) is 16.2. The fraction of sp³-hybridized carbons (Fsp3) is 0.136. The summed E-state index contributed by atoms with van der Waals surface area (Å²) in [5, 5.41) is 22.3. The van der Waals surface area contributed by atoms with Gasteiger partial charge >= 0.3 is 0 Å². The van der Waals surface area contributed by atoms with Crippen molar-refractivity contribution in [2.45, 2.75) is 12.0 Å². The molecule has 0 bridgehead atoms. The molecule has 0 radical (unpaired) electrons. The lowest BCUT2D eigenvalue weighted by atomic mass is 9.94. The topological polar surface area (TPSA) is 49.3 Å². The van der Waals surface area contributed by atoms with Crippen LogP contribution in [0.15, 0.2) is 76.8 Å². The van der Waals surface area contributed by atoms with Crippen LogP contribution in [-0.2, 0) is 16.8 Å². The largest absolute Gasteiger partial charge is 0.378 e. The quantitative estimate of drug-likeness (QED) is 0.505. The van der Waals surface area contributed by atoms with Gasteiger partial charge in [0.05, 0.1) is 13.0 Å². The summed E-state index contributed by atoms with van der Waals surface area (Å²) in [7, 11) is 0. The molecule has 2 aromatic heterocycles. The predicted molar refractivity (Wildman–Crippen MR) is 112 cm³/mol. The average Bonchev–Trinajstić information content (AvgIpc) is 3.41. The molecule has 0 aliphatic heterocycles. The van der Waals surface area contributed by atoms with Crippen molar-refractivity contribution in [3.05, 3.63) is 92.8 Å². The Balaban J connectivity index is 1.52. The molecule has 0 saturated heterocycles. The molecule has 0 unspecified atom stereocenters. The smallest absolute Gasteiger partial charge is 0.224 e. The molecule has 0 spiro atoms. The van der Waals surface area contributed by atoms with Crippen LogP contribution in [0.1, 0.15) is 16.0 Å². The van der Waals surface area contributed by atoms with E-state index in [1.54, 1.807) is 0 Å². The van der Waals surface area contributed by atoms with Gasteiger partial charge in [0.25, 0.3) is 0 Å². The van der Waals surface area contributed by atoms with Gasteiger partial charge in [-0.05, 0) is 44.6 Å². The van der Waals surface area contributed by atoms with Crippen LogP contribution in [0.2, 0.25) is 0 Å². The molecule has 1 amide bonds. The van der Waals surface area contributed by atoms with E-state index in [1.807, 2.05) is 76.8 Å². The molecule has 0 saturated carbocycles. The summed E-state index contributed by atoms with van der Waals surface area (Å²) in [6, 6.07) is 19.8. The van der Waals surface area contributed by atoms with Crippen LogP contribution in [0.4, 0.5) is 0 Å². The Hall–Kier alpha value is -2.47. The van der Waals surface area contributed by atoms with Crippen molar-refractivity contribution < 1.29 is 9.90 Å². The minimum absolute atomic E-state index is 0.100. The highest BCUT2D eigenvalue weighted by atomic mass is 32.1. The lowest BCUT2D eigenvalue weighted by Gasteiger charge is -2.27. The van der Waals surface area contributed by atoms with E-state index in [0.717, 1.165) is 26.8 Å². The number of fused-ring (bicyclic) bond motifs is 1. The molecule has 3 nitrogen and oxygen atoms in total. The summed E-state index contributed by atoms with van der Waals surface area (Å²) >= 11 is 3.02. The number of aliphatic hydroxyl groups is 1. The van der Waals surface area contributed by atoms with Crippen molar-refractivity contribution in [2.75, 3.05) is 6.54 Å². The van der Waals surface area contributed by atoms with E-state index in [4.69, 9.17) is 0 Å². The second-order valence-corrected chi connectivity index (χ2v) is 8.17. The zero-order valence-electron chi connectivity index (χ0n) is 14.6. The van der Waals surface area contributed by atoms with Gasteiger partial charge in [-0.1, -0.05) is 48.5 Å². The maximum atomic E-state index is 12.6. The Morgan fingerprint density at radius 2 is 1.85 bits per heavy atom. The molecule has 0 aliphatic rings. The first-order chi connectivity index (χ1) is 13.2. The average molecular weight is 394 g/mol. The predicted octanol–water partition coefficient (Wildman–Crippen LogP) is 4.56. The molecule has 4 rings (SSSR count). The molecule has 5 heteroatoms. The van der Waals surface area contributed by atoms with Gasteiger partial charge in [-0.15, -0.1) is 11.3 Å². The van der Waals surface area contributed by atoms with Crippen molar-refractivity contribution in [2.24, 2.45) is 0 Å². The van der Waals surface area contributed by atoms with E-state index < -0.39 is 5.60 Å². The van der Waals surface area contributed by atoms with Crippen LogP contribution < -0.4 is 5.32 Å². The molecular formula is C22H19NO2S2. The number of amides is 1. The van der Waals surface area contributed by atoms with Crippen LogP contribution in [0.3, 0.4) is 0 Å². The number of carbonyl (C=O) groups is 1. The SMILES string of the molecule is O=C(Cc1cccc2ccccc12)NC[C@](O)(c1ccsc1)c1cccs1. The highest BCUT2D eigenvalue weighted by molar-refractivity contribution is 7.10. The standard InChI is InChI=1S/C22H19NO2S2/c24-21(13-17-7-3-6-16-5-1-2-8-19(16)17)23-15-22(25,18-10-12-26-14-18)20-9-4-11-27-20/h1-12,14,25H,13,15H2,(H,23,24)/t22-/m0/s1. The van der Waals surface area contributed by atoms with Gasteiger partial charge in [0.1, 0.15) is 5.60 Å². The fourth-order valence-electron chi connectivity index (χ4n) is 3.25. The van der Waals surface area contributed by atoms with E-state index in [2.05, 4.69) is 5.32 Å². The third kappa shape index (κ3) is 3.67. The molecule has 0 aliphatic carbocycles. The summed E-state index contributed by atoms with van der Waals surface area (Å²) in [4.78, 5) is 13.5. The van der Waals surface area contributed by atoms with Crippen molar-refractivity contribution in [3.8, 4) is 0 Å². The highest BCUT2D eigenvalue weighted by Crippen LogP contribution is 2.33. The molecule has 2 heterocycles. The van der Waals surface area contributed by atoms with Crippen LogP contribution in [-0.4, -0.2) is 17.6 Å². The minimum Gasteiger partial charge on any atom is -0.378 e. The Bertz CT molecular complexity index is 1000. The second kappa shape index (κ2) is 7.64. The number of rotatable bonds is 6. The maximum Gasteiger partial charge on any atom is 0.224 e. The first-order valence-corrected chi connectivity index (χ1v) is 10.5. The Morgan fingerprint density at radius 1 is 1.00 bits per heavy atom. The first kappa shape index (κ1) is 17.9. The Kier molecular flexibility index (Phi) is 5.07. The fourth-order valence-corrected chi connectivity index (χ4v) is 4.82. The number of benzene rings is 2. The maximum absolute atomic E-state index is 12.6. The van der Waals surface area contributed by atoms with Gasteiger partial charge in [0.2, 0.25) is 5.91 Å². The first-order valence-electron chi connectivity index (χ1n) is 8.69. The van der Waals surface area contributed by atoms with Crippen LogP contribution in [0, 0.1) is 0 Å². The van der Waals surface area contributed by atoms with E-state index in [9.17, 15) is 9.90 Å². The number of hydrogen-bond acceptors (Lipinski definition) is 4. The molecule has 4 aromatic rings. The normalized spacial score (nSPS) is 13.4. The van der Waals surface area contributed by atoms with Gasteiger partial charge in [0, 0.05) is 10.4 Å². The molecular weight excluding hydrogens is 374 g/mol. The lowest BCUT2D eigenvalue weighted by Crippen LogP contribution is -2.41. The lowest BCUT2D eigenvalue weighted by molar-refractivity contribution is -0.121. The van der Waals surface area contributed by atoms with Crippen LogP contribution in [0.5, 0.6) is 0 Å². The summed E-state index contributed by atoms with van der Waals surface area (Å²) in [5.41, 5.74) is 0.587. The minimum atomic E-state index is -1.21. The zero-order chi connectivity index (χ0) is 18.7. The molecule has 27 heavy (non-hydrogen) atoms. The second-order valence-electron chi connectivity index (χ2n) is 6.44. The van der Waals surface area contributed by atoms with Gasteiger partial charge in [-0.25, -0.2) is 0 Å². The van der Waals surface area contributed by atoms with Crippen molar-refractivity contribution in [1.82, 2.24) is 5.32 Å². The third-order valence-corrected chi connectivity index (χ3v) is 6.40.